The highest BCUT2D eigenvalue weighted by Gasteiger charge is 2.12. The fourth-order valence-corrected chi connectivity index (χ4v) is 2.13. The van der Waals surface area contributed by atoms with Crippen molar-refractivity contribution >= 4 is 35.5 Å². The average molecular weight is 378 g/mol. The van der Waals surface area contributed by atoms with E-state index in [1.807, 2.05) is 0 Å². The Labute approximate surface area is 154 Å². The molecule has 0 bridgehead atoms. The summed E-state index contributed by atoms with van der Waals surface area (Å²) in [4.78, 5) is 34.2. The van der Waals surface area contributed by atoms with Crippen LogP contribution < -0.4 is 14.8 Å². The molecular weight excluding hydrogens is 362 g/mol. The molecule has 8 heteroatoms. The number of hydrogen-bond acceptors (Lipinski definition) is 6. The van der Waals surface area contributed by atoms with Crippen LogP contribution in [0.4, 0.5) is 5.69 Å². The van der Waals surface area contributed by atoms with Gasteiger partial charge in [-0.1, -0.05) is 23.7 Å². The van der Waals surface area contributed by atoms with Crippen LogP contribution in [0.3, 0.4) is 0 Å². The Morgan fingerprint density at radius 3 is 2.58 bits per heavy atom. The van der Waals surface area contributed by atoms with E-state index >= 15 is 0 Å². The molecule has 0 unspecified atom stereocenters. The number of halogens is 1. The number of carbonyl (C=O) groups is 3. The monoisotopic (exact) mass is 377 g/mol. The van der Waals surface area contributed by atoms with Crippen molar-refractivity contribution in [2.75, 3.05) is 25.6 Å². The molecule has 26 heavy (non-hydrogen) atoms. The maximum atomic E-state index is 11.8. The fourth-order valence-electron chi connectivity index (χ4n) is 1.95. The number of hydrogen-bond donors (Lipinski definition) is 1. The van der Waals surface area contributed by atoms with Crippen LogP contribution in [0.2, 0.25) is 5.02 Å². The van der Waals surface area contributed by atoms with Gasteiger partial charge in [0.05, 0.1) is 17.8 Å². The van der Waals surface area contributed by atoms with E-state index in [0.717, 1.165) is 0 Å². The molecule has 1 amide bonds. The number of nitrogens with one attached hydrogen (secondary N) is 1. The Hall–Kier alpha value is -3.06. The lowest BCUT2D eigenvalue weighted by molar-refractivity contribution is -0.149. The van der Waals surface area contributed by atoms with E-state index in [1.165, 1.54) is 25.3 Å². The highest BCUT2D eigenvalue weighted by Crippen LogP contribution is 2.27. The molecule has 0 spiro atoms. The molecule has 0 fully saturated rings. The van der Waals surface area contributed by atoms with Gasteiger partial charge in [0.2, 0.25) is 0 Å². The van der Waals surface area contributed by atoms with E-state index in [0.29, 0.717) is 28.3 Å². The Balaban J connectivity index is 1.81. The SMILES string of the molecule is COc1cc(C=O)ccc1OCC(=O)OCC(=O)Nc1ccccc1Cl. The molecule has 2 aromatic carbocycles. The topological polar surface area (TPSA) is 90.9 Å². The summed E-state index contributed by atoms with van der Waals surface area (Å²) in [6.45, 7) is -0.898. The first-order valence-corrected chi connectivity index (χ1v) is 7.87. The van der Waals surface area contributed by atoms with Gasteiger partial charge in [0, 0.05) is 5.56 Å². The molecule has 7 nitrogen and oxygen atoms in total. The minimum absolute atomic E-state index is 0.274. The third kappa shape index (κ3) is 5.49. The van der Waals surface area contributed by atoms with Crippen LogP contribution in [0.25, 0.3) is 0 Å². The maximum Gasteiger partial charge on any atom is 0.344 e. The third-order valence-electron chi connectivity index (χ3n) is 3.18. The lowest BCUT2D eigenvalue weighted by Crippen LogP contribution is -2.23. The second kappa shape index (κ2) is 9.43. The molecular formula is C18H16ClNO6. The zero-order valence-electron chi connectivity index (χ0n) is 13.9. The van der Waals surface area contributed by atoms with Crippen LogP contribution in [0, 0.1) is 0 Å². The van der Waals surface area contributed by atoms with Gasteiger partial charge in [-0.15, -0.1) is 0 Å². The van der Waals surface area contributed by atoms with Gasteiger partial charge in [0.1, 0.15) is 6.29 Å². The molecule has 1 N–H and O–H groups in total. The van der Waals surface area contributed by atoms with E-state index in [4.69, 9.17) is 25.8 Å². The average Bonchev–Trinajstić information content (AvgIpc) is 2.66. The summed E-state index contributed by atoms with van der Waals surface area (Å²) in [5.74, 6) is -0.686. The van der Waals surface area contributed by atoms with E-state index in [2.05, 4.69) is 5.32 Å². The van der Waals surface area contributed by atoms with Crippen molar-refractivity contribution in [1.29, 1.82) is 0 Å². The number of methoxy groups -OCH3 is 1. The Kier molecular flexibility index (Phi) is 6.99. The molecule has 0 atom stereocenters. The van der Waals surface area contributed by atoms with Gasteiger partial charge >= 0.3 is 5.97 Å². The van der Waals surface area contributed by atoms with Crippen molar-refractivity contribution in [3.63, 3.8) is 0 Å². The van der Waals surface area contributed by atoms with Gasteiger partial charge in [-0.3, -0.25) is 9.59 Å². The summed E-state index contributed by atoms with van der Waals surface area (Å²) in [6.07, 6.45) is 0.665. The largest absolute Gasteiger partial charge is 0.493 e. The molecule has 0 heterocycles. The molecule has 0 aliphatic carbocycles. The Bertz CT molecular complexity index is 808. The van der Waals surface area contributed by atoms with Crippen LogP contribution in [-0.2, 0) is 14.3 Å². The molecule has 2 aromatic rings. The molecule has 0 aromatic heterocycles. The number of esters is 1. The van der Waals surface area contributed by atoms with Crippen molar-refractivity contribution in [2.45, 2.75) is 0 Å². The highest BCUT2D eigenvalue weighted by molar-refractivity contribution is 6.33. The summed E-state index contributed by atoms with van der Waals surface area (Å²) in [5, 5.41) is 2.90. The van der Waals surface area contributed by atoms with Crippen LogP contribution >= 0.6 is 11.6 Å². The van der Waals surface area contributed by atoms with Crippen LogP contribution in [0.1, 0.15) is 10.4 Å². The highest BCUT2D eigenvalue weighted by atomic mass is 35.5. The summed E-state index contributed by atoms with van der Waals surface area (Å²) >= 11 is 5.92. The van der Waals surface area contributed by atoms with Crippen LogP contribution in [0.15, 0.2) is 42.5 Å². The minimum atomic E-state index is -0.735. The quantitative estimate of drug-likeness (QED) is 0.562. The number of anilines is 1. The van der Waals surface area contributed by atoms with Crippen molar-refractivity contribution in [1.82, 2.24) is 0 Å². The van der Waals surface area contributed by atoms with Gasteiger partial charge in [-0.25, -0.2) is 4.79 Å². The summed E-state index contributed by atoms with van der Waals surface area (Å²) < 4.78 is 15.2. The number of ether oxygens (including phenoxy) is 3. The van der Waals surface area contributed by atoms with E-state index < -0.39 is 25.1 Å². The first-order valence-electron chi connectivity index (χ1n) is 7.49. The summed E-state index contributed by atoms with van der Waals surface area (Å²) in [5.41, 5.74) is 0.833. The number of aldehydes is 1. The third-order valence-corrected chi connectivity index (χ3v) is 3.51. The van der Waals surface area contributed by atoms with Crippen molar-refractivity contribution < 1.29 is 28.6 Å². The molecule has 136 valence electrons. The lowest BCUT2D eigenvalue weighted by Gasteiger charge is -2.11. The minimum Gasteiger partial charge on any atom is -0.493 e. The predicted octanol–water partition coefficient (Wildman–Crippen LogP) is 2.72. The fraction of sp³-hybridized carbons (Fsp3) is 0.167. The first-order chi connectivity index (χ1) is 12.5. The second-order valence-electron chi connectivity index (χ2n) is 5.01. The predicted molar refractivity (Wildman–Crippen MR) is 94.9 cm³/mol. The van der Waals surface area contributed by atoms with Gasteiger partial charge in [-0.2, -0.15) is 0 Å². The van der Waals surface area contributed by atoms with Crippen LogP contribution in [-0.4, -0.2) is 38.5 Å². The molecule has 0 saturated carbocycles. The number of amides is 1. The zero-order chi connectivity index (χ0) is 18.9. The van der Waals surface area contributed by atoms with Gasteiger partial charge in [-0.05, 0) is 30.3 Å². The zero-order valence-corrected chi connectivity index (χ0v) is 14.6. The number of para-hydroxylation sites is 1. The molecule has 0 aliphatic heterocycles. The van der Waals surface area contributed by atoms with E-state index in [9.17, 15) is 14.4 Å². The molecule has 0 aliphatic rings. The molecule has 0 radical (unpaired) electrons. The normalized spacial score (nSPS) is 9.92. The maximum absolute atomic E-state index is 11.8. The second-order valence-corrected chi connectivity index (χ2v) is 5.41. The summed E-state index contributed by atoms with van der Waals surface area (Å²) in [6, 6.07) is 11.2. The molecule has 2 rings (SSSR count). The molecule has 0 saturated heterocycles. The van der Waals surface area contributed by atoms with Crippen molar-refractivity contribution in [2.24, 2.45) is 0 Å². The summed E-state index contributed by atoms with van der Waals surface area (Å²) in [7, 11) is 1.41. The van der Waals surface area contributed by atoms with Gasteiger partial charge < -0.3 is 19.5 Å². The van der Waals surface area contributed by atoms with E-state index in [1.54, 1.807) is 24.3 Å². The Morgan fingerprint density at radius 1 is 1.12 bits per heavy atom. The number of carbonyl (C=O) groups excluding carboxylic acids is 3. The first kappa shape index (κ1) is 19.3. The van der Waals surface area contributed by atoms with E-state index in [-0.39, 0.29) is 5.75 Å². The standard InChI is InChI=1S/C18H16ClNO6/c1-24-16-8-12(9-21)6-7-15(16)25-11-18(23)26-10-17(22)20-14-5-3-2-4-13(14)19/h2-9H,10-11H2,1H3,(H,20,22). The smallest absolute Gasteiger partial charge is 0.344 e. The van der Waals surface area contributed by atoms with Crippen molar-refractivity contribution in [3.8, 4) is 11.5 Å². The van der Waals surface area contributed by atoms with Crippen LogP contribution in [0.5, 0.6) is 11.5 Å². The van der Waals surface area contributed by atoms with Gasteiger partial charge in [0.25, 0.3) is 5.91 Å². The number of rotatable bonds is 8. The van der Waals surface area contributed by atoms with Gasteiger partial charge in [0.15, 0.2) is 24.7 Å². The number of benzene rings is 2. The van der Waals surface area contributed by atoms with Crippen molar-refractivity contribution in [3.05, 3.63) is 53.1 Å². The lowest BCUT2D eigenvalue weighted by atomic mass is 10.2. The Morgan fingerprint density at radius 2 is 1.88 bits per heavy atom.